The molecular formula is C32H31F7NO5+. The predicted octanol–water partition coefficient (Wildman–Crippen LogP) is 6.22. The van der Waals surface area contributed by atoms with Gasteiger partial charge in [0.15, 0.2) is 17.0 Å². The molecule has 0 bridgehead atoms. The van der Waals surface area contributed by atoms with E-state index < -0.39 is 64.7 Å². The minimum Gasteiger partial charge on any atom is -0.439 e. The third-order valence-corrected chi connectivity index (χ3v) is 8.40. The summed E-state index contributed by atoms with van der Waals surface area (Å²) in [6, 6.07) is 5.24. The number of methoxy groups -OCH3 is 1. The second kappa shape index (κ2) is 11.3. The SMILES string of the molecule is C=c1ccc(=C2[CH+]C(C3(C)OCCO3)C(C)(F)C=C2OC)c(CN2C(=O)O[C@H](c3cc(C(F)(F)F)cc(C(F)(F)F)c3)[C@@H]2C)c1. The Labute approximate surface area is 254 Å². The minimum absolute atomic E-state index is 0.0191. The smallest absolute Gasteiger partial charge is 0.416 e. The Hall–Kier alpha value is -3.71. The standard InChI is InChI=1S/C32H31F7NO5/c1-17-6-7-23(24-14-26(30(4)43-8-9-44-30)29(3,33)15-25(24)42-5)20(10-17)16-40-18(2)27(45-28(40)41)19-11-21(31(34,35)36)13-22(12-19)32(37,38)39/h6-7,10-15,18,26-27H,1,8-9,16H2,2-5H3/q+1/t18-,26?,27-,29?/m0/s1. The van der Waals surface area contributed by atoms with Gasteiger partial charge in [-0.15, -0.1) is 0 Å². The summed E-state index contributed by atoms with van der Waals surface area (Å²) < 4.78 is 120. The molecule has 2 heterocycles. The minimum atomic E-state index is -5.06. The van der Waals surface area contributed by atoms with Crippen LogP contribution in [0.4, 0.5) is 35.5 Å². The summed E-state index contributed by atoms with van der Waals surface area (Å²) in [7, 11) is 1.38. The first kappa shape index (κ1) is 32.7. The monoisotopic (exact) mass is 642 g/mol. The fraction of sp³-hybridized carbons (Fsp3) is 0.438. The lowest BCUT2D eigenvalue weighted by atomic mass is 9.74. The van der Waals surface area contributed by atoms with Crippen molar-refractivity contribution in [2.24, 2.45) is 5.92 Å². The lowest BCUT2D eigenvalue weighted by Gasteiger charge is -2.38. The zero-order valence-electron chi connectivity index (χ0n) is 24.8. The van der Waals surface area contributed by atoms with Crippen molar-refractivity contribution in [1.29, 1.82) is 0 Å². The van der Waals surface area contributed by atoms with Crippen LogP contribution in [0.2, 0.25) is 0 Å². The van der Waals surface area contributed by atoms with E-state index in [-0.39, 0.29) is 31.6 Å². The highest BCUT2D eigenvalue weighted by Gasteiger charge is 2.56. The zero-order chi connectivity index (χ0) is 33.1. The molecule has 6 nitrogen and oxygen atoms in total. The normalized spacial score (nSPS) is 28.1. The number of benzene rings is 2. The Morgan fingerprint density at radius 2 is 1.62 bits per heavy atom. The van der Waals surface area contributed by atoms with E-state index in [0.717, 1.165) is 0 Å². The molecule has 5 rings (SSSR count). The number of carbonyl (C=O) groups excluding carboxylic acids is 1. The number of nitrogens with zero attached hydrogens (tertiary/aromatic N) is 1. The van der Waals surface area contributed by atoms with Crippen molar-refractivity contribution >= 4 is 18.2 Å². The van der Waals surface area contributed by atoms with Crippen molar-refractivity contribution in [3.8, 4) is 0 Å². The lowest BCUT2D eigenvalue weighted by Crippen LogP contribution is -2.49. The summed E-state index contributed by atoms with van der Waals surface area (Å²) in [6.07, 6.45) is -9.53. The molecule has 0 saturated carbocycles. The highest BCUT2D eigenvalue weighted by Crippen LogP contribution is 2.47. The van der Waals surface area contributed by atoms with Gasteiger partial charge in [0.25, 0.3) is 0 Å². The number of hydrogen-bond donors (Lipinski definition) is 0. The molecule has 1 aliphatic carbocycles. The van der Waals surface area contributed by atoms with E-state index in [4.69, 9.17) is 18.9 Å². The highest BCUT2D eigenvalue weighted by molar-refractivity contribution is 5.74. The summed E-state index contributed by atoms with van der Waals surface area (Å²) in [6.45, 7) is 8.83. The van der Waals surface area contributed by atoms with Crippen LogP contribution in [0.1, 0.15) is 49.1 Å². The molecule has 2 aliphatic heterocycles. The molecule has 0 aromatic heterocycles. The molecule has 2 saturated heterocycles. The van der Waals surface area contributed by atoms with Crippen molar-refractivity contribution in [3.63, 3.8) is 0 Å². The number of carbonyl (C=O) groups is 1. The molecule has 13 heteroatoms. The van der Waals surface area contributed by atoms with Crippen LogP contribution in [-0.2, 0) is 37.8 Å². The average molecular weight is 643 g/mol. The van der Waals surface area contributed by atoms with Gasteiger partial charge in [0.05, 0.1) is 55.3 Å². The molecule has 2 aromatic carbocycles. The van der Waals surface area contributed by atoms with Crippen LogP contribution < -0.4 is 10.4 Å². The molecule has 3 aliphatic rings. The maximum Gasteiger partial charge on any atom is 0.416 e. The fourth-order valence-electron chi connectivity index (χ4n) is 6.13. The van der Waals surface area contributed by atoms with Crippen LogP contribution in [0.3, 0.4) is 0 Å². The number of rotatable bonds is 5. The Morgan fingerprint density at radius 3 is 2.18 bits per heavy atom. The average Bonchev–Trinajstić information content (AvgIpc) is 3.50. The Morgan fingerprint density at radius 1 is 1.02 bits per heavy atom. The first-order valence-electron chi connectivity index (χ1n) is 14.0. The maximum absolute atomic E-state index is 16.0. The van der Waals surface area contributed by atoms with Crippen molar-refractivity contribution < 1.29 is 54.5 Å². The predicted molar refractivity (Wildman–Crippen MR) is 148 cm³/mol. The summed E-state index contributed by atoms with van der Waals surface area (Å²) in [5.74, 6) is -1.98. The summed E-state index contributed by atoms with van der Waals surface area (Å²) in [4.78, 5) is 14.3. The first-order chi connectivity index (χ1) is 20.8. The van der Waals surface area contributed by atoms with E-state index >= 15 is 4.39 Å². The van der Waals surface area contributed by atoms with Gasteiger partial charge in [-0.2, -0.15) is 26.3 Å². The largest absolute Gasteiger partial charge is 0.439 e. The van der Waals surface area contributed by atoms with E-state index in [1.807, 2.05) is 0 Å². The van der Waals surface area contributed by atoms with Gasteiger partial charge in [-0.1, -0.05) is 6.58 Å². The third kappa shape index (κ3) is 6.24. The Bertz CT molecular complexity index is 1590. The Balaban J connectivity index is 1.55. The number of amides is 1. The van der Waals surface area contributed by atoms with Crippen LogP contribution in [-0.4, -0.2) is 48.8 Å². The molecule has 1 amide bonds. The number of alkyl halides is 7. The number of allylic oxidation sites excluding steroid dienone is 2. The summed E-state index contributed by atoms with van der Waals surface area (Å²) in [5, 5.41) is 1.08. The van der Waals surface area contributed by atoms with Crippen molar-refractivity contribution in [3.05, 3.63) is 87.3 Å². The maximum atomic E-state index is 16.0. The summed E-state index contributed by atoms with van der Waals surface area (Å²) in [5.41, 5.74) is -4.43. The Kier molecular flexibility index (Phi) is 8.18. The highest BCUT2D eigenvalue weighted by atomic mass is 19.4. The number of cyclic esters (lactones) is 1. The van der Waals surface area contributed by atoms with Crippen LogP contribution in [0.5, 0.6) is 0 Å². The van der Waals surface area contributed by atoms with E-state index in [1.54, 1.807) is 31.5 Å². The molecule has 2 unspecified atom stereocenters. The number of halogens is 7. The topological polar surface area (TPSA) is 57.2 Å². The van der Waals surface area contributed by atoms with Gasteiger partial charge in [-0.25, -0.2) is 9.18 Å². The molecule has 0 spiro atoms. The van der Waals surface area contributed by atoms with E-state index in [0.29, 0.717) is 33.7 Å². The van der Waals surface area contributed by atoms with Gasteiger partial charge in [0, 0.05) is 18.1 Å². The van der Waals surface area contributed by atoms with Crippen LogP contribution in [0, 0.1) is 12.3 Å². The van der Waals surface area contributed by atoms with Crippen LogP contribution >= 0.6 is 0 Å². The van der Waals surface area contributed by atoms with Gasteiger partial charge in [-0.3, -0.25) is 4.90 Å². The van der Waals surface area contributed by atoms with Gasteiger partial charge < -0.3 is 18.9 Å². The molecule has 4 atom stereocenters. The summed E-state index contributed by atoms with van der Waals surface area (Å²) >= 11 is 0. The quantitative estimate of drug-likeness (QED) is 0.286. The zero-order valence-corrected chi connectivity index (χ0v) is 24.8. The molecule has 242 valence electrons. The van der Waals surface area contributed by atoms with Gasteiger partial charge in [0.2, 0.25) is 5.76 Å². The number of ether oxygens (including phenoxy) is 4. The third-order valence-electron chi connectivity index (χ3n) is 8.40. The fourth-order valence-corrected chi connectivity index (χ4v) is 6.13. The van der Waals surface area contributed by atoms with Crippen LogP contribution in [0.15, 0.2) is 48.2 Å². The number of hydrogen-bond acceptors (Lipinski definition) is 5. The second-order valence-electron chi connectivity index (χ2n) is 11.6. The van der Waals surface area contributed by atoms with Gasteiger partial charge in [-0.05, 0) is 61.9 Å². The van der Waals surface area contributed by atoms with Crippen molar-refractivity contribution in [2.75, 3.05) is 20.3 Å². The van der Waals surface area contributed by atoms with Crippen LogP contribution in [0.25, 0.3) is 12.2 Å². The second-order valence-corrected chi connectivity index (χ2v) is 11.6. The van der Waals surface area contributed by atoms with Gasteiger partial charge >= 0.3 is 18.4 Å². The molecular weight excluding hydrogens is 611 g/mol. The molecule has 0 N–H and O–H groups in total. The van der Waals surface area contributed by atoms with Gasteiger partial charge in [0.1, 0.15) is 12.0 Å². The molecule has 0 radical (unpaired) electrons. The molecule has 2 aromatic rings. The van der Waals surface area contributed by atoms with Crippen molar-refractivity contribution in [2.45, 2.75) is 63.3 Å². The van der Waals surface area contributed by atoms with E-state index in [2.05, 4.69) is 6.58 Å². The lowest BCUT2D eigenvalue weighted by molar-refractivity contribution is -0.194. The molecule has 2 fully saturated rings. The van der Waals surface area contributed by atoms with E-state index in [1.165, 1.54) is 31.9 Å². The van der Waals surface area contributed by atoms with Crippen molar-refractivity contribution in [1.82, 2.24) is 4.90 Å². The molecule has 45 heavy (non-hydrogen) atoms. The first-order valence-corrected chi connectivity index (χ1v) is 14.0. The van der Waals surface area contributed by atoms with E-state index in [9.17, 15) is 31.1 Å².